The van der Waals surface area contributed by atoms with E-state index in [0.717, 1.165) is 38.4 Å². The standard InChI is InChI=1S/C14H18N6O4/c15-13-14(17-24-16-13)23-10-9-18-5-7-19(8-6-18)11-1-3-12(4-2-11)20(21)22/h1-4H,5-10H2,(H2,15,16). The van der Waals surface area contributed by atoms with E-state index >= 15 is 0 Å². The van der Waals surface area contributed by atoms with Gasteiger partial charge in [-0.25, -0.2) is 4.63 Å². The summed E-state index contributed by atoms with van der Waals surface area (Å²) in [5.74, 6) is 0.373. The molecule has 0 bridgehead atoms. The highest BCUT2D eigenvalue weighted by Crippen LogP contribution is 2.20. The lowest BCUT2D eigenvalue weighted by Crippen LogP contribution is -2.47. The van der Waals surface area contributed by atoms with Crippen molar-refractivity contribution in [3.63, 3.8) is 0 Å². The molecule has 2 N–H and O–H groups in total. The Morgan fingerprint density at radius 1 is 1.21 bits per heavy atom. The Hall–Kier alpha value is -2.88. The molecule has 3 rings (SSSR count). The second kappa shape index (κ2) is 7.13. The minimum Gasteiger partial charge on any atom is -0.471 e. The second-order valence-corrected chi connectivity index (χ2v) is 5.41. The van der Waals surface area contributed by atoms with Crippen LogP contribution < -0.4 is 15.4 Å². The number of nitro benzene ring substituents is 1. The fourth-order valence-electron chi connectivity index (χ4n) is 2.57. The van der Waals surface area contributed by atoms with Gasteiger partial charge in [-0.2, -0.15) is 0 Å². The molecule has 2 heterocycles. The van der Waals surface area contributed by atoms with Crippen molar-refractivity contribution in [2.45, 2.75) is 0 Å². The Balaban J connectivity index is 1.43. The van der Waals surface area contributed by atoms with E-state index in [-0.39, 0.29) is 17.4 Å². The highest BCUT2D eigenvalue weighted by molar-refractivity contribution is 5.51. The number of rotatable bonds is 6. The molecule has 1 aliphatic heterocycles. The van der Waals surface area contributed by atoms with Crippen LogP contribution >= 0.6 is 0 Å². The Labute approximate surface area is 137 Å². The molecule has 0 amide bonds. The summed E-state index contributed by atoms with van der Waals surface area (Å²) in [6.45, 7) is 4.67. The largest absolute Gasteiger partial charge is 0.471 e. The third kappa shape index (κ3) is 3.71. The van der Waals surface area contributed by atoms with Crippen LogP contribution in [0.1, 0.15) is 0 Å². The van der Waals surface area contributed by atoms with E-state index in [2.05, 4.69) is 24.7 Å². The molecule has 0 radical (unpaired) electrons. The molecular weight excluding hydrogens is 316 g/mol. The summed E-state index contributed by atoms with van der Waals surface area (Å²) in [6, 6.07) is 6.65. The summed E-state index contributed by atoms with van der Waals surface area (Å²) in [6.07, 6.45) is 0. The van der Waals surface area contributed by atoms with Gasteiger partial charge in [-0.1, -0.05) is 0 Å². The molecule has 24 heavy (non-hydrogen) atoms. The number of nitro groups is 1. The third-order valence-corrected chi connectivity index (χ3v) is 3.93. The molecule has 10 heteroatoms. The average Bonchev–Trinajstić information content (AvgIpc) is 3.01. The summed E-state index contributed by atoms with van der Waals surface area (Å²) in [5, 5.41) is 17.7. The maximum atomic E-state index is 10.7. The van der Waals surface area contributed by atoms with Crippen LogP contribution in [0.4, 0.5) is 17.2 Å². The van der Waals surface area contributed by atoms with Crippen molar-refractivity contribution in [2.24, 2.45) is 0 Å². The number of anilines is 2. The van der Waals surface area contributed by atoms with Gasteiger partial charge < -0.3 is 15.4 Å². The lowest BCUT2D eigenvalue weighted by atomic mass is 10.2. The molecule has 0 atom stereocenters. The van der Waals surface area contributed by atoms with E-state index in [9.17, 15) is 10.1 Å². The Morgan fingerprint density at radius 2 is 1.92 bits per heavy atom. The van der Waals surface area contributed by atoms with Gasteiger partial charge in [-0.15, -0.1) is 0 Å². The van der Waals surface area contributed by atoms with Gasteiger partial charge in [-0.3, -0.25) is 15.0 Å². The summed E-state index contributed by atoms with van der Waals surface area (Å²) in [4.78, 5) is 14.8. The first-order valence-electron chi connectivity index (χ1n) is 7.56. The van der Waals surface area contributed by atoms with E-state index < -0.39 is 4.92 Å². The summed E-state index contributed by atoms with van der Waals surface area (Å²) in [7, 11) is 0. The van der Waals surface area contributed by atoms with Crippen LogP contribution in [0, 0.1) is 10.1 Å². The van der Waals surface area contributed by atoms with Crippen LogP contribution in [-0.4, -0.2) is 59.5 Å². The summed E-state index contributed by atoms with van der Waals surface area (Å²) in [5.41, 5.74) is 6.62. The summed E-state index contributed by atoms with van der Waals surface area (Å²) >= 11 is 0. The Bertz CT molecular complexity index is 681. The van der Waals surface area contributed by atoms with Crippen molar-refractivity contribution in [1.29, 1.82) is 0 Å². The van der Waals surface area contributed by atoms with Crippen LogP contribution in [0.15, 0.2) is 28.9 Å². The van der Waals surface area contributed by atoms with E-state index in [4.69, 9.17) is 10.5 Å². The third-order valence-electron chi connectivity index (χ3n) is 3.93. The maximum Gasteiger partial charge on any atom is 0.300 e. The van der Waals surface area contributed by atoms with Gasteiger partial charge >= 0.3 is 0 Å². The van der Waals surface area contributed by atoms with Crippen molar-refractivity contribution in [3.8, 4) is 5.88 Å². The van der Waals surface area contributed by atoms with E-state index in [0.29, 0.717) is 6.61 Å². The minimum atomic E-state index is -0.390. The fraction of sp³-hybridized carbons (Fsp3) is 0.429. The molecule has 10 nitrogen and oxygen atoms in total. The number of nitrogens with zero attached hydrogens (tertiary/aromatic N) is 5. The number of non-ortho nitro benzene ring substituents is 1. The van der Waals surface area contributed by atoms with E-state index in [1.807, 2.05) is 0 Å². The molecule has 0 unspecified atom stereocenters. The lowest BCUT2D eigenvalue weighted by Gasteiger charge is -2.35. The molecule has 1 aromatic carbocycles. The number of hydrogen-bond acceptors (Lipinski definition) is 9. The number of nitrogens with two attached hydrogens (primary N) is 1. The number of hydrogen-bond donors (Lipinski definition) is 1. The molecule has 0 aliphatic carbocycles. The van der Waals surface area contributed by atoms with E-state index in [1.165, 1.54) is 12.1 Å². The molecule has 1 aromatic heterocycles. The number of benzene rings is 1. The van der Waals surface area contributed by atoms with Crippen LogP contribution in [-0.2, 0) is 0 Å². The van der Waals surface area contributed by atoms with Gasteiger partial charge in [0.1, 0.15) is 6.61 Å². The molecule has 1 saturated heterocycles. The summed E-state index contributed by atoms with van der Waals surface area (Å²) < 4.78 is 9.88. The highest BCUT2D eigenvalue weighted by Gasteiger charge is 2.18. The SMILES string of the molecule is Nc1nonc1OCCN1CCN(c2ccc([N+](=O)[O-])cc2)CC1. The minimum absolute atomic E-state index is 0.108. The van der Waals surface area contributed by atoms with Gasteiger partial charge in [0, 0.05) is 50.5 Å². The molecule has 2 aromatic rings. The molecular formula is C14H18N6O4. The first-order valence-corrected chi connectivity index (χ1v) is 7.56. The Kier molecular flexibility index (Phi) is 4.75. The molecule has 1 fully saturated rings. The van der Waals surface area contributed by atoms with Crippen molar-refractivity contribution in [2.75, 3.05) is 50.0 Å². The van der Waals surface area contributed by atoms with Crippen LogP contribution in [0.5, 0.6) is 5.88 Å². The molecule has 128 valence electrons. The van der Waals surface area contributed by atoms with Crippen molar-refractivity contribution in [1.82, 2.24) is 15.2 Å². The topological polar surface area (TPSA) is 124 Å². The predicted octanol–water partition coefficient (Wildman–Crippen LogP) is 0.761. The number of nitrogen functional groups attached to an aromatic ring is 1. The monoisotopic (exact) mass is 334 g/mol. The fourth-order valence-corrected chi connectivity index (χ4v) is 2.57. The van der Waals surface area contributed by atoms with Gasteiger partial charge in [0.15, 0.2) is 0 Å². The number of piperazine rings is 1. The molecule has 0 spiro atoms. The molecule has 1 aliphatic rings. The number of aromatic nitrogens is 2. The zero-order chi connectivity index (χ0) is 16.9. The van der Waals surface area contributed by atoms with Gasteiger partial charge in [0.25, 0.3) is 11.6 Å². The van der Waals surface area contributed by atoms with Crippen LogP contribution in [0.25, 0.3) is 0 Å². The normalized spacial score (nSPS) is 15.4. The van der Waals surface area contributed by atoms with Crippen molar-refractivity contribution < 1.29 is 14.3 Å². The zero-order valence-electron chi connectivity index (χ0n) is 13.0. The smallest absolute Gasteiger partial charge is 0.300 e. The lowest BCUT2D eigenvalue weighted by molar-refractivity contribution is -0.384. The Morgan fingerprint density at radius 3 is 2.50 bits per heavy atom. The zero-order valence-corrected chi connectivity index (χ0v) is 13.0. The average molecular weight is 334 g/mol. The van der Waals surface area contributed by atoms with Gasteiger partial charge in [0.05, 0.1) is 4.92 Å². The molecule has 0 saturated carbocycles. The predicted molar refractivity (Wildman–Crippen MR) is 86.0 cm³/mol. The van der Waals surface area contributed by atoms with E-state index in [1.54, 1.807) is 12.1 Å². The van der Waals surface area contributed by atoms with Crippen LogP contribution in [0.2, 0.25) is 0 Å². The van der Waals surface area contributed by atoms with Crippen molar-refractivity contribution in [3.05, 3.63) is 34.4 Å². The van der Waals surface area contributed by atoms with Crippen LogP contribution in [0.3, 0.4) is 0 Å². The first-order chi connectivity index (χ1) is 11.6. The van der Waals surface area contributed by atoms with Gasteiger partial charge in [-0.05, 0) is 22.4 Å². The van der Waals surface area contributed by atoms with Gasteiger partial charge in [0.2, 0.25) is 5.82 Å². The maximum absolute atomic E-state index is 10.7. The first kappa shape index (κ1) is 16.0. The number of ether oxygens (including phenoxy) is 1. The second-order valence-electron chi connectivity index (χ2n) is 5.41. The highest BCUT2D eigenvalue weighted by atomic mass is 16.6. The quantitative estimate of drug-likeness (QED) is 0.602. The van der Waals surface area contributed by atoms with Crippen molar-refractivity contribution >= 4 is 17.2 Å².